The van der Waals surface area contributed by atoms with Crippen molar-refractivity contribution in [2.75, 3.05) is 0 Å². The summed E-state index contributed by atoms with van der Waals surface area (Å²) >= 11 is 0. The number of rotatable bonds is 11. The van der Waals surface area contributed by atoms with Crippen LogP contribution in [0.3, 0.4) is 0 Å². The molecular formula is C20H38. The summed E-state index contributed by atoms with van der Waals surface area (Å²) in [6, 6.07) is 0. The minimum atomic E-state index is 0.772. The fourth-order valence-electron chi connectivity index (χ4n) is 3.23. The molecule has 0 heterocycles. The molecular weight excluding hydrogens is 240 g/mol. The Kier molecular flexibility index (Phi) is 8.57. The van der Waals surface area contributed by atoms with E-state index in [4.69, 9.17) is 0 Å². The van der Waals surface area contributed by atoms with Crippen molar-refractivity contribution in [1.82, 2.24) is 0 Å². The molecule has 0 bridgehead atoms. The quantitative estimate of drug-likeness (QED) is 0.362. The summed E-state index contributed by atoms with van der Waals surface area (Å²) in [6.45, 7) is 12.0. The Balaban J connectivity index is 2.08. The molecule has 118 valence electrons. The van der Waals surface area contributed by atoms with Crippen LogP contribution in [-0.4, -0.2) is 0 Å². The van der Waals surface area contributed by atoms with E-state index in [0.717, 1.165) is 29.6 Å². The molecule has 4 atom stereocenters. The highest BCUT2D eigenvalue weighted by Crippen LogP contribution is 2.33. The van der Waals surface area contributed by atoms with E-state index in [0.29, 0.717) is 0 Å². The minimum absolute atomic E-state index is 0.772. The lowest BCUT2D eigenvalue weighted by atomic mass is 9.87. The molecule has 0 spiro atoms. The number of hydrogen-bond donors (Lipinski definition) is 0. The van der Waals surface area contributed by atoms with E-state index in [2.05, 4.69) is 46.8 Å². The molecule has 0 N–H and O–H groups in total. The zero-order valence-corrected chi connectivity index (χ0v) is 14.7. The highest BCUT2D eigenvalue weighted by molar-refractivity contribution is 4.91. The van der Waals surface area contributed by atoms with Crippen molar-refractivity contribution in [3.05, 3.63) is 12.2 Å². The van der Waals surface area contributed by atoms with Crippen LogP contribution in [0.25, 0.3) is 0 Å². The summed E-state index contributed by atoms with van der Waals surface area (Å²) in [4.78, 5) is 0. The van der Waals surface area contributed by atoms with Crippen LogP contribution < -0.4 is 0 Å². The van der Waals surface area contributed by atoms with E-state index in [1.165, 1.54) is 51.4 Å². The summed E-state index contributed by atoms with van der Waals surface area (Å²) in [5.74, 6) is 4.51. The molecule has 0 aromatic heterocycles. The van der Waals surface area contributed by atoms with Gasteiger partial charge in [0.1, 0.15) is 0 Å². The number of hydrogen-bond acceptors (Lipinski definition) is 0. The van der Waals surface area contributed by atoms with Gasteiger partial charge in [0, 0.05) is 0 Å². The van der Waals surface area contributed by atoms with Crippen molar-refractivity contribution >= 4 is 0 Å². The molecule has 1 rings (SSSR count). The van der Waals surface area contributed by atoms with Crippen molar-refractivity contribution in [2.45, 2.75) is 86.0 Å². The second-order valence-electron chi connectivity index (χ2n) is 7.86. The first-order valence-electron chi connectivity index (χ1n) is 9.17. The van der Waals surface area contributed by atoms with E-state index < -0.39 is 0 Å². The summed E-state index contributed by atoms with van der Waals surface area (Å²) in [6.07, 6.45) is 16.2. The van der Waals surface area contributed by atoms with Crippen molar-refractivity contribution < 1.29 is 0 Å². The third-order valence-electron chi connectivity index (χ3n) is 5.06. The van der Waals surface area contributed by atoms with Crippen LogP contribution in [0.4, 0.5) is 0 Å². The zero-order chi connectivity index (χ0) is 15.0. The van der Waals surface area contributed by atoms with E-state index in [1.54, 1.807) is 0 Å². The maximum atomic E-state index is 2.47. The Morgan fingerprint density at radius 2 is 1.50 bits per heavy atom. The largest absolute Gasteiger partial charge is 0.0880 e. The normalized spacial score (nSPS) is 21.9. The Morgan fingerprint density at radius 1 is 0.900 bits per heavy atom. The fraction of sp³-hybridized carbons (Fsp3) is 0.900. The SMILES string of the molecule is CCC(C)CC(C)CCC(C)CC(C)/C=C/CC1CC1. The molecule has 1 aliphatic rings. The topological polar surface area (TPSA) is 0 Å². The lowest BCUT2D eigenvalue weighted by molar-refractivity contribution is 0.338. The molecule has 0 heteroatoms. The van der Waals surface area contributed by atoms with E-state index in [-0.39, 0.29) is 0 Å². The van der Waals surface area contributed by atoms with Crippen LogP contribution >= 0.6 is 0 Å². The first-order valence-corrected chi connectivity index (χ1v) is 9.17. The minimum Gasteiger partial charge on any atom is -0.0880 e. The van der Waals surface area contributed by atoms with Gasteiger partial charge in [-0.2, -0.15) is 0 Å². The van der Waals surface area contributed by atoms with Crippen LogP contribution in [0.1, 0.15) is 86.0 Å². The van der Waals surface area contributed by atoms with Crippen LogP contribution in [-0.2, 0) is 0 Å². The van der Waals surface area contributed by atoms with E-state index >= 15 is 0 Å². The van der Waals surface area contributed by atoms with Crippen molar-refractivity contribution in [3.63, 3.8) is 0 Å². The third kappa shape index (κ3) is 8.82. The summed E-state index contributed by atoms with van der Waals surface area (Å²) in [7, 11) is 0. The Hall–Kier alpha value is -0.260. The highest BCUT2D eigenvalue weighted by atomic mass is 14.2. The van der Waals surface area contributed by atoms with Gasteiger partial charge in [-0.1, -0.05) is 66.0 Å². The lowest BCUT2D eigenvalue weighted by Gasteiger charge is -2.19. The molecule has 4 unspecified atom stereocenters. The molecule has 0 aromatic rings. The van der Waals surface area contributed by atoms with Crippen LogP contribution in [0.15, 0.2) is 12.2 Å². The summed E-state index contributed by atoms with van der Waals surface area (Å²) in [5.41, 5.74) is 0. The molecule has 0 saturated heterocycles. The number of allylic oxidation sites excluding steroid dienone is 2. The Bertz CT molecular complexity index is 261. The van der Waals surface area contributed by atoms with Crippen LogP contribution in [0, 0.1) is 29.6 Å². The van der Waals surface area contributed by atoms with Gasteiger partial charge < -0.3 is 0 Å². The summed E-state index contributed by atoms with van der Waals surface area (Å²) < 4.78 is 0. The van der Waals surface area contributed by atoms with Gasteiger partial charge in [-0.05, 0) is 61.7 Å². The van der Waals surface area contributed by atoms with Gasteiger partial charge in [-0.3, -0.25) is 0 Å². The first-order chi connectivity index (χ1) is 9.51. The Morgan fingerprint density at radius 3 is 2.05 bits per heavy atom. The lowest BCUT2D eigenvalue weighted by Crippen LogP contribution is -2.06. The van der Waals surface area contributed by atoms with Crippen molar-refractivity contribution in [2.24, 2.45) is 29.6 Å². The van der Waals surface area contributed by atoms with Gasteiger partial charge in [0.2, 0.25) is 0 Å². The smallest absolute Gasteiger partial charge is 0.0259 e. The van der Waals surface area contributed by atoms with Gasteiger partial charge in [-0.15, -0.1) is 0 Å². The molecule has 0 nitrogen and oxygen atoms in total. The predicted octanol–water partition coefficient (Wildman–Crippen LogP) is 6.86. The first kappa shape index (κ1) is 17.8. The van der Waals surface area contributed by atoms with Crippen molar-refractivity contribution in [3.8, 4) is 0 Å². The second kappa shape index (κ2) is 9.64. The fourth-order valence-corrected chi connectivity index (χ4v) is 3.23. The molecule has 0 radical (unpaired) electrons. The predicted molar refractivity (Wildman–Crippen MR) is 91.9 cm³/mol. The molecule has 20 heavy (non-hydrogen) atoms. The van der Waals surface area contributed by atoms with E-state index in [1.807, 2.05) is 0 Å². The van der Waals surface area contributed by atoms with Crippen LogP contribution in [0.5, 0.6) is 0 Å². The standard InChI is InChI=1S/C20H38/c1-6-16(2)14-18(4)10-11-19(5)15-17(3)8-7-9-20-12-13-20/h7-8,16-20H,6,9-15H2,1-5H3/b8-7+. The van der Waals surface area contributed by atoms with Gasteiger partial charge in [0.05, 0.1) is 0 Å². The third-order valence-corrected chi connectivity index (χ3v) is 5.06. The second-order valence-corrected chi connectivity index (χ2v) is 7.86. The zero-order valence-electron chi connectivity index (χ0n) is 14.7. The average molecular weight is 279 g/mol. The van der Waals surface area contributed by atoms with Gasteiger partial charge in [0.25, 0.3) is 0 Å². The van der Waals surface area contributed by atoms with Crippen LogP contribution in [0.2, 0.25) is 0 Å². The molecule has 0 amide bonds. The molecule has 0 aromatic carbocycles. The molecule has 1 fully saturated rings. The maximum Gasteiger partial charge on any atom is -0.0259 e. The Labute approximate surface area is 128 Å². The molecule has 0 aliphatic heterocycles. The highest BCUT2D eigenvalue weighted by Gasteiger charge is 2.19. The summed E-state index contributed by atoms with van der Waals surface area (Å²) in [5, 5.41) is 0. The molecule has 1 aliphatic carbocycles. The van der Waals surface area contributed by atoms with E-state index in [9.17, 15) is 0 Å². The maximum absolute atomic E-state index is 2.47. The van der Waals surface area contributed by atoms with Gasteiger partial charge >= 0.3 is 0 Å². The average Bonchev–Trinajstić information content (AvgIpc) is 3.20. The monoisotopic (exact) mass is 278 g/mol. The van der Waals surface area contributed by atoms with Gasteiger partial charge in [0.15, 0.2) is 0 Å². The van der Waals surface area contributed by atoms with Crippen molar-refractivity contribution in [1.29, 1.82) is 0 Å². The van der Waals surface area contributed by atoms with Gasteiger partial charge in [-0.25, -0.2) is 0 Å². The molecule has 1 saturated carbocycles.